The van der Waals surface area contributed by atoms with Crippen molar-refractivity contribution in [1.82, 2.24) is 29.5 Å². The normalized spacial score (nSPS) is 17.3. The molecule has 146 valence electrons. The number of aromatic nitrogens is 4. The number of aryl methyl sites for hydroxylation is 1. The van der Waals surface area contributed by atoms with Gasteiger partial charge in [-0.15, -0.1) is 0 Å². The zero-order valence-corrected chi connectivity index (χ0v) is 16.5. The minimum absolute atomic E-state index is 0.519. The second-order valence-corrected chi connectivity index (χ2v) is 7.33. The summed E-state index contributed by atoms with van der Waals surface area (Å²) in [7, 11) is 3.83. The number of guanidine groups is 1. The van der Waals surface area contributed by atoms with Crippen LogP contribution < -0.4 is 5.32 Å². The minimum Gasteiger partial charge on any atom is -0.352 e. The van der Waals surface area contributed by atoms with E-state index in [1.165, 1.54) is 16.7 Å². The van der Waals surface area contributed by atoms with Crippen LogP contribution in [0.1, 0.15) is 29.0 Å². The smallest absolute Gasteiger partial charge is 0.193 e. The van der Waals surface area contributed by atoms with Crippen molar-refractivity contribution in [2.45, 2.75) is 25.4 Å². The zero-order chi connectivity index (χ0) is 19.3. The number of imidazole rings is 1. The molecule has 1 unspecified atom stereocenters. The SMILES string of the molecule is CN=C(NCc1cccc(Cn2ccnc2)c1)N1CCC(c2cnn(C)c2)C1. The van der Waals surface area contributed by atoms with Crippen LogP contribution in [0.2, 0.25) is 0 Å². The molecule has 1 aliphatic rings. The molecule has 0 amide bonds. The lowest BCUT2D eigenvalue weighted by Gasteiger charge is -2.21. The fourth-order valence-electron chi connectivity index (χ4n) is 3.82. The van der Waals surface area contributed by atoms with Crippen LogP contribution in [0, 0.1) is 0 Å². The topological polar surface area (TPSA) is 63.3 Å². The summed E-state index contributed by atoms with van der Waals surface area (Å²) in [5.41, 5.74) is 3.83. The molecule has 0 bridgehead atoms. The highest BCUT2D eigenvalue weighted by Crippen LogP contribution is 2.26. The lowest BCUT2D eigenvalue weighted by Crippen LogP contribution is -2.39. The molecule has 3 heterocycles. The lowest BCUT2D eigenvalue weighted by molar-refractivity contribution is 0.486. The molecule has 1 aromatic carbocycles. The van der Waals surface area contributed by atoms with Crippen molar-refractivity contribution < 1.29 is 0 Å². The third kappa shape index (κ3) is 4.24. The Balaban J connectivity index is 1.34. The quantitative estimate of drug-likeness (QED) is 0.547. The van der Waals surface area contributed by atoms with Gasteiger partial charge < -0.3 is 14.8 Å². The van der Waals surface area contributed by atoms with Crippen LogP contribution in [0.4, 0.5) is 0 Å². The van der Waals surface area contributed by atoms with Crippen LogP contribution in [0.15, 0.2) is 60.4 Å². The van der Waals surface area contributed by atoms with Gasteiger partial charge in [-0.2, -0.15) is 5.10 Å². The standard InChI is InChI=1S/C21H27N7/c1-22-21(28-8-6-19(15-28)20-12-25-26(2)14-20)24-11-17-4-3-5-18(10-17)13-27-9-7-23-16-27/h3-5,7,9-10,12,14,16,19H,6,8,11,13,15H2,1-2H3,(H,22,24). The molecule has 1 aliphatic heterocycles. The van der Waals surface area contributed by atoms with E-state index in [0.717, 1.165) is 38.6 Å². The molecule has 7 nitrogen and oxygen atoms in total. The van der Waals surface area contributed by atoms with Crippen LogP contribution >= 0.6 is 0 Å². The average Bonchev–Trinajstić information content (AvgIpc) is 3.45. The molecular weight excluding hydrogens is 350 g/mol. The highest BCUT2D eigenvalue weighted by Gasteiger charge is 2.26. The van der Waals surface area contributed by atoms with Gasteiger partial charge in [0.1, 0.15) is 0 Å². The highest BCUT2D eigenvalue weighted by molar-refractivity contribution is 5.80. The van der Waals surface area contributed by atoms with Crippen molar-refractivity contribution in [2.24, 2.45) is 12.0 Å². The monoisotopic (exact) mass is 377 g/mol. The van der Waals surface area contributed by atoms with E-state index in [9.17, 15) is 0 Å². The van der Waals surface area contributed by atoms with E-state index >= 15 is 0 Å². The molecule has 0 spiro atoms. The average molecular weight is 377 g/mol. The molecule has 28 heavy (non-hydrogen) atoms. The Hall–Kier alpha value is -3.09. The Morgan fingerprint density at radius 2 is 2.21 bits per heavy atom. The zero-order valence-electron chi connectivity index (χ0n) is 16.5. The van der Waals surface area contributed by atoms with Gasteiger partial charge in [-0.05, 0) is 23.1 Å². The Labute approximate surface area is 165 Å². The summed E-state index contributed by atoms with van der Waals surface area (Å²) >= 11 is 0. The van der Waals surface area contributed by atoms with Gasteiger partial charge >= 0.3 is 0 Å². The maximum Gasteiger partial charge on any atom is 0.193 e. The number of aliphatic imine (C=N–C) groups is 1. The van der Waals surface area contributed by atoms with E-state index in [1.807, 2.05) is 43.7 Å². The largest absolute Gasteiger partial charge is 0.352 e. The Morgan fingerprint density at radius 1 is 1.32 bits per heavy atom. The number of hydrogen-bond donors (Lipinski definition) is 1. The summed E-state index contributed by atoms with van der Waals surface area (Å²) in [4.78, 5) is 10.9. The number of hydrogen-bond acceptors (Lipinski definition) is 3. The summed E-state index contributed by atoms with van der Waals surface area (Å²) in [6, 6.07) is 8.65. The predicted molar refractivity (Wildman–Crippen MR) is 110 cm³/mol. The molecule has 7 heteroatoms. The molecule has 0 radical (unpaired) electrons. The van der Waals surface area contributed by atoms with Crippen molar-refractivity contribution in [3.8, 4) is 0 Å². The molecule has 0 saturated carbocycles. The van der Waals surface area contributed by atoms with Crippen molar-refractivity contribution >= 4 is 5.96 Å². The van der Waals surface area contributed by atoms with Crippen molar-refractivity contribution in [3.63, 3.8) is 0 Å². The van der Waals surface area contributed by atoms with Crippen molar-refractivity contribution in [3.05, 3.63) is 72.1 Å². The molecule has 0 aliphatic carbocycles. The molecule has 4 rings (SSSR count). The van der Waals surface area contributed by atoms with Gasteiger partial charge in [-0.25, -0.2) is 4.98 Å². The fourth-order valence-corrected chi connectivity index (χ4v) is 3.82. The first kappa shape index (κ1) is 18.3. The van der Waals surface area contributed by atoms with Crippen LogP contribution in [-0.4, -0.2) is 50.3 Å². The number of likely N-dealkylation sites (tertiary alicyclic amines) is 1. The molecule has 2 aromatic heterocycles. The van der Waals surface area contributed by atoms with Crippen LogP contribution in [0.3, 0.4) is 0 Å². The third-order valence-electron chi connectivity index (χ3n) is 5.26. The van der Waals surface area contributed by atoms with Gasteiger partial charge in [0.25, 0.3) is 0 Å². The van der Waals surface area contributed by atoms with E-state index in [4.69, 9.17) is 0 Å². The Morgan fingerprint density at radius 3 is 2.96 bits per heavy atom. The minimum atomic E-state index is 0.519. The Kier molecular flexibility index (Phi) is 5.41. The number of benzene rings is 1. The van der Waals surface area contributed by atoms with Gasteiger partial charge in [0.15, 0.2) is 5.96 Å². The van der Waals surface area contributed by atoms with Gasteiger partial charge in [0.05, 0.1) is 12.5 Å². The van der Waals surface area contributed by atoms with Gasteiger partial charge in [-0.1, -0.05) is 24.3 Å². The van der Waals surface area contributed by atoms with E-state index in [0.29, 0.717) is 5.92 Å². The van der Waals surface area contributed by atoms with Crippen molar-refractivity contribution in [2.75, 3.05) is 20.1 Å². The first-order valence-electron chi connectivity index (χ1n) is 9.69. The van der Waals surface area contributed by atoms with Gasteiger partial charge in [-0.3, -0.25) is 9.67 Å². The summed E-state index contributed by atoms with van der Waals surface area (Å²) < 4.78 is 3.95. The van der Waals surface area contributed by atoms with E-state index < -0.39 is 0 Å². The van der Waals surface area contributed by atoms with Crippen LogP contribution in [0.5, 0.6) is 0 Å². The predicted octanol–water partition coefficient (Wildman–Crippen LogP) is 2.23. The summed E-state index contributed by atoms with van der Waals surface area (Å²) in [6.07, 6.45) is 10.9. The van der Waals surface area contributed by atoms with E-state index in [2.05, 4.69) is 60.3 Å². The second kappa shape index (κ2) is 8.29. The van der Waals surface area contributed by atoms with Crippen LogP contribution in [0.25, 0.3) is 0 Å². The molecule has 1 saturated heterocycles. The molecular formula is C21H27N7. The second-order valence-electron chi connectivity index (χ2n) is 7.33. The third-order valence-corrected chi connectivity index (χ3v) is 5.26. The van der Waals surface area contributed by atoms with Gasteiger partial charge in [0.2, 0.25) is 0 Å². The first-order valence-corrected chi connectivity index (χ1v) is 9.69. The fraction of sp³-hybridized carbons (Fsp3) is 0.381. The maximum atomic E-state index is 4.50. The molecule has 1 atom stereocenters. The lowest BCUT2D eigenvalue weighted by atomic mass is 10.0. The number of nitrogens with zero attached hydrogens (tertiary/aromatic N) is 6. The first-order chi connectivity index (χ1) is 13.7. The van der Waals surface area contributed by atoms with Crippen molar-refractivity contribution in [1.29, 1.82) is 0 Å². The number of nitrogens with one attached hydrogen (secondary N) is 1. The number of rotatable bonds is 5. The summed E-state index contributed by atoms with van der Waals surface area (Å²) in [5.74, 6) is 1.48. The summed E-state index contributed by atoms with van der Waals surface area (Å²) in [5, 5.41) is 7.84. The van der Waals surface area contributed by atoms with E-state index in [1.54, 1.807) is 0 Å². The van der Waals surface area contributed by atoms with E-state index in [-0.39, 0.29) is 0 Å². The molecule has 3 aromatic rings. The van der Waals surface area contributed by atoms with Crippen LogP contribution in [-0.2, 0) is 20.1 Å². The van der Waals surface area contributed by atoms with Gasteiger partial charge in [0, 0.05) is 64.8 Å². The highest BCUT2D eigenvalue weighted by atomic mass is 15.3. The maximum absolute atomic E-state index is 4.50. The Bertz CT molecular complexity index is 926. The summed E-state index contributed by atoms with van der Waals surface area (Å²) in [6.45, 7) is 3.59. The molecule has 1 fully saturated rings. The molecule has 1 N–H and O–H groups in total.